The van der Waals surface area contributed by atoms with Crippen LogP contribution >= 0.6 is 0 Å². The topological polar surface area (TPSA) is 105 Å². The van der Waals surface area contributed by atoms with Crippen LogP contribution in [0, 0.1) is 6.92 Å². The molecule has 8 heteroatoms. The highest BCUT2D eigenvalue weighted by molar-refractivity contribution is 5.96. The van der Waals surface area contributed by atoms with Crippen LogP contribution < -0.4 is 5.73 Å². The van der Waals surface area contributed by atoms with Crippen molar-refractivity contribution in [2.45, 2.75) is 39.2 Å². The normalized spacial score (nSPS) is 17.6. The summed E-state index contributed by atoms with van der Waals surface area (Å²) in [7, 11) is 0. The summed E-state index contributed by atoms with van der Waals surface area (Å²) in [6.45, 7) is 7.41. The van der Waals surface area contributed by atoms with Crippen LogP contribution in [0.15, 0.2) is 18.6 Å². The lowest BCUT2D eigenvalue weighted by molar-refractivity contribution is 0.0783. The van der Waals surface area contributed by atoms with E-state index in [0.29, 0.717) is 18.8 Å². The second kappa shape index (κ2) is 6.21. The molecule has 0 radical (unpaired) electrons. The molecule has 3 N–H and O–H groups in total. The zero-order valence-electron chi connectivity index (χ0n) is 15.2. The maximum atomic E-state index is 13.0. The molecule has 1 aliphatic rings. The first-order valence-corrected chi connectivity index (χ1v) is 8.89. The summed E-state index contributed by atoms with van der Waals surface area (Å²) in [5.74, 6) is 0.0911. The van der Waals surface area contributed by atoms with Crippen molar-refractivity contribution in [1.29, 1.82) is 0 Å². The predicted octanol–water partition coefficient (Wildman–Crippen LogP) is 1.72. The first kappa shape index (κ1) is 16.7. The molecule has 3 aromatic heterocycles. The van der Waals surface area contributed by atoms with E-state index in [2.05, 4.69) is 34.1 Å². The van der Waals surface area contributed by atoms with E-state index < -0.39 is 0 Å². The number of hydrogen-bond donors (Lipinski definition) is 2. The number of hydrogen-bond acceptors (Lipinski definition) is 5. The van der Waals surface area contributed by atoms with E-state index in [1.165, 1.54) is 6.33 Å². The molecule has 1 saturated heterocycles. The standard InChI is InChI=1S/C18H23N7O/c1-10(2)14-15(12-6-11(3)17-20-9-21-25(17)7-12)22-23-16(14)18(26)24-5-4-13(19)8-24/h6-7,9-10,13H,4-5,8,19H2,1-3H3,(H,22,23). The van der Waals surface area contributed by atoms with Gasteiger partial charge in [0.05, 0.1) is 5.69 Å². The summed E-state index contributed by atoms with van der Waals surface area (Å²) >= 11 is 0. The summed E-state index contributed by atoms with van der Waals surface area (Å²) < 4.78 is 1.75. The molecular formula is C18H23N7O. The molecular weight excluding hydrogens is 330 g/mol. The van der Waals surface area contributed by atoms with E-state index in [1.807, 2.05) is 19.2 Å². The molecule has 3 aromatic rings. The van der Waals surface area contributed by atoms with Crippen LogP contribution in [0.4, 0.5) is 0 Å². The first-order chi connectivity index (χ1) is 12.5. The number of nitrogens with one attached hydrogen (secondary N) is 1. The minimum Gasteiger partial charge on any atom is -0.336 e. The van der Waals surface area contributed by atoms with Gasteiger partial charge < -0.3 is 10.6 Å². The van der Waals surface area contributed by atoms with Crippen molar-refractivity contribution in [3.63, 3.8) is 0 Å². The molecule has 0 aromatic carbocycles. The van der Waals surface area contributed by atoms with Gasteiger partial charge in [-0.15, -0.1) is 0 Å². The molecule has 136 valence electrons. The largest absolute Gasteiger partial charge is 0.336 e. The van der Waals surface area contributed by atoms with Crippen LogP contribution in [-0.4, -0.2) is 54.7 Å². The molecule has 8 nitrogen and oxygen atoms in total. The molecule has 4 heterocycles. The summed E-state index contributed by atoms with van der Waals surface area (Å²) in [4.78, 5) is 19.0. The van der Waals surface area contributed by atoms with Crippen LogP contribution in [0.1, 0.15) is 47.8 Å². The Morgan fingerprint density at radius 1 is 1.42 bits per heavy atom. The van der Waals surface area contributed by atoms with Gasteiger partial charge in [-0.3, -0.25) is 9.89 Å². The van der Waals surface area contributed by atoms with Gasteiger partial charge in [0.1, 0.15) is 6.33 Å². The molecule has 0 saturated carbocycles. The van der Waals surface area contributed by atoms with Gasteiger partial charge in [0.2, 0.25) is 0 Å². The first-order valence-electron chi connectivity index (χ1n) is 8.89. The van der Waals surface area contributed by atoms with Gasteiger partial charge >= 0.3 is 0 Å². The Labute approximate surface area is 151 Å². The Morgan fingerprint density at radius 3 is 2.92 bits per heavy atom. The van der Waals surface area contributed by atoms with Gasteiger partial charge in [0.15, 0.2) is 11.3 Å². The average Bonchev–Trinajstić information content (AvgIpc) is 3.32. The lowest BCUT2D eigenvalue weighted by Gasteiger charge is -2.16. The third-order valence-corrected chi connectivity index (χ3v) is 4.94. The van der Waals surface area contributed by atoms with Crippen molar-refractivity contribution in [2.24, 2.45) is 5.73 Å². The Hall–Kier alpha value is -2.74. The molecule has 0 aliphatic carbocycles. The smallest absolute Gasteiger partial charge is 0.274 e. The highest BCUT2D eigenvalue weighted by atomic mass is 16.2. The number of H-pyrrole nitrogens is 1. The van der Waals surface area contributed by atoms with Crippen LogP contribution in [-0.2, 0) is 0 Å². The highest BCUT2D eigenvalue weighted by Crippen LogP contribution is 2.32. The van der Waals surface area contributed by atoms with Crippen LogP contribution in [0.2, 0.25) is 0 Å². The van der Waals surface area contributed by atoms with Gasteiger partial charge in [-0.1, -0.05) is 13.8 Å². The molecule has 0 spiro atoms. The molecule has 1 atom stereocenters. The van der Waals surface area contributed by atoms with E-state index in [4.69, 9.17) is 5.73 Å². The zero-order valence-corrected chi connectivity index (χ0v) is 15.2. The number of fused-ring (bicyclic) bond motifs is 1. The van der Waals surface area contributed by atoms with Crippen molar-refractivity contribution in [3.05, 3.63) is 35.4 Å². The number of nitrogens with zero attached hydrogens (tertiary/aromatic N) is 5. The second-order valence-corrected chi connectivity index (χ2v) is 7.26. The highest BCUT2D eigenvalue weighted by Gasteiger charge is 2.30. The zero-order chi connectivity index (χ0) is 18.4. The van der Waals surface area contributed by atoms with Crippen molar-refractivity contribution in [3.8, 4) is 11.3 Å². The quantitative estimate of drug-likeness (QED) is 0.746. The Bertz CT molecular complexity index is 971. The lowest BCUT2D eigenvalue weighted by Crippen LogP contribution is -2.32. The van der Waals surface area contributed by atoms with Crippen molar-refractivity contribution < 1.29 is 4.79 Å². The fourth-order valence-corrected chi connectivity index (χ4v) is 3.65. The number of rotatable bonds is 3. The van der Waals surface area contributed by atoms with E-state index in [-0.39, 0.29) is 17.9 Å². The average molecular weight is 353 g/mol. The minimum atomic E-state index is -0.0531. The number of carbonyl (C=O) groups is 1. The summed E-state index contributed by atoms with van der Waals surface area (Å²) in [6, 6.07) is 2.10. The van der Waals surface area contributed by atoms with Gasteiger partial charge in [0, 0.05) is 36.5 Å². The molecule has 0 bridgehead atoms. The Balaban J connectivity index is 1.79. The number of aromatic nitrogens is 5. The number of carbonyl (C=O) groups excluding carboxylic acids is 1. The molecule has 4 rings (SSSR count). The summed E-state index contributed by atoms with van der Waals surface area (Å²) in [6.07, 6.45) is 4.28. The van der Waals surface area contributed by atoms with Crippen molar-refractivity contribution in [2.75, 3.05) is 13.1 Å². The van der Waals surface area contributed by atoms with Crippen LogP contribution in [0.5, 0.6) is 0 Å². The second-order valence-electron chi connectivity index (χ2n) is 7.26. The number of aryl methyl sites for hydroxylation is 1. The Kier molecular flexibility index (Phi) is 3.99. The van der Waals surface area contributed by atoms with E-state index in [1.54, 1.807) is 9.42 Å². The van der Waals surface area contributed by atoms with E-state index >= 15 is 0 Å². The fraction of sp³-hybridized carbons (Fsp3) is 0.444. The van der Waals surface area contributed by atoms with Crippen molar-refractivity contribution >= 4 is 11.6 Å². The number of nitrogens with two attached hydrogens (primary N) is 1. The lowest BCUT2D eigenvalue weighted by atomic mass is 9.96. The number of aromatic amines is 1. The molecule has 1 fully saturated rings. The number of pyridine rings is 1. The minimum absolute atomic E-state index is 0.0530. The van der Waals surface area contributed by atoms with Gasteiger partial charge in [0.25, 0.3) is 5.91 Å². The van der Waals surface area contributed by atoms with Gasteiger partial charge in [-0.05, 0) is 30.9 Å². The number of amides is 1. The molecule has 1 unspecified atom stereocenters. The van der Waals surface area contributed by atoms with Crippen molar-refractivity contribution in [1.82, 2.24) is 29.7 Å². The molecule has 26 heavy (non-hydrogen) atoms. The summed E-state index contributed by atoms with van der Waals surface area (Å²) in [5, 5.41) is 11.7. The molecule has 1 amide bonds. The van der Waals surface area contributed by atoms with Gasteiger partial charge in [-0.25, -0.2) is 9.50 Å². The SMILES string of the molecule is Cc1cc(-c2[nH]nc(C(=O)N3CCC(N)C3)c2C(C)C)cn2ncnc12. The van der Waals surface area contributed by atoms with E-state index in [0.717, 1.165) is 34.5 Å². The van der Waals surface area contributed by atoms with Crippen LogP contribution in [0.25, 0.3) is 16.9 Å². The maximum absolute atomic E-state index is 13.0. The summed E-state index contributed by atoms with van der Waals surface area (Å²) in [5.41, 5.74) is 11.0. The monoisotopic (exact) mass is 353 g/mol. The fourth-order valence-electron chi connectivity index (χ4n) is 3.65. The maximum Gasteiger partial charge on any atom is 0.274 e. The predicted molar refractivity (Wildman–Crippen MR) is 97.9 cm³/mol. The van der Waals surface area contributed by atoms with Gasteiger partial charge in [-0.2, -0.15) is 10.2 Å². The third kappa shape index (κ3) is 2.66. The Morgan fingerprint density at radius 2 is 2.23 bits per heavy atom. The molecule has 1 aliphatic heterocycles. The third-order valence-electron chi connectivity index (χ3n) is 4.94. The van der Waals surface area contributed by atoms with E-state index in [9.17, 15) is 4.79 Å². The van der Waals surface area contributed by atoms with Crippen LogP contribution in [0.3, 0.4) is 0 Å². The number of likely N-dealkylation sites (tertiary alicyclic amines) is 1.